The summed E-state index contributed by atoms with van der Waals surface area (Å²) in [6, 6.07) is 7.26. The Morgan fingerprint density at radius 2 is 1.86 bits per heavy atom. The fourth-order valence-electron chi connectivity index (χ4n) is 2.86. The molecule has 2 heterocycles. The fourth-order valence-corrected chi connectivity index (χ4v) is 3.76. The van der Waals surface area contributed by atoms with Crippen molar-refractivity contribution in [2.75, 3.05) is 30.9 Å². The molecule has 0 spiro atoms. The summed E-state index contributed by atoms with van der Waals surface area (Å²) in [6.45, 7) is 0. The summed E-state index contributed by atoms with van der Waals surface area (Å²) in [4.78, 5) is 8.69. The quantitative estimate of drug-likeness (QED) is 0.407. The average Bonchev–Trinajstić information content (AvgIpc) is 2.67. The molecule has 1 aromatic carbocycles. The van der Waals surface area contributed by atoms with E-state index in [4.69, 9.17) is 16.7 Å². The summed E-state index contributed by atoms with van der Waals surface area (Å²) < 4.78 is 25.7. The number of hydrogen-bond acceptors (Lipinski definition) is 10. The van der Waals surface area contributed by atoms with Crippen molar-refractivity contribution in [3.63, 3.8) is 0 Å². The summed E-state index contributed by atoms with van der Waals surface area (Å²) in [5, 5.41) is 23.5. The van der Waals surface area contributed by atoms with Crippen molar-refractivity contribution in [1.82, 2.24) is 14.6 Å². The van der Waals surface area contributed by atoms with Gasteiger partial charge in [-0.15, -0.1) is 0 Å². The Labute approximate surface area is 167 Å². The molecule has 0 amide bonds. The smallest absolute Gasteiger partial charge is 0.242 e. The van der Waals surface area contributed by atoms with E-state index in [-0.39, 0.29) is 33.7 Å². The van der Waals surface area contributed by atoms with Crippen LogP contribution in [0.2, 0.25) is 0 Å². The number of aliphatic imine (C=N–C) groups is 1. The zero-order valence-corrected chi connectivity index (χ0v) is 16.3. The van der Waals surface area contributed by atoms with E-state index in [2.05, 4.69) is 20.6 Å². The van der Waals surface area contributed by atoms with Crippen LogP contribution < -0.4 is 22.1 Å². The molecule has 2 aromatic rings. The van der Waals surface area contributed by atoms with Crippen LogP contribution in [0.4, 0.5) is 17.3 Å². The molecular formula is C17H17N9O2S. The first-order valence-electron chi connectivity index (χ1n) is 8.22. The molecule has 0 aliphatic carbocycles. The second kappa shape index (κ2) is 7.27. The van der Waals surface area contributed by atoms with Gasteiger partial charge < -0.3 is 16.8 Å². The molecule has 29 heavy (non-hydrogen) atoms. The van der Waals surface area contributed by atoms with Crippen LogP contribution in [-0.2, 0) is 10.0 Å². The molecule has 0 radical (unpaired) electrons. The highest BCUT2D eigenvalue weighted by Gasteiger charge is 2.30. The standard InChI is InChI=1S/C17H17N9O2S/c1-26(2)29(27,28)10-5-3-9(4-6-10)14-12-13(20)11(7-18)15(21)24-16(12)25-17(23-14)22-8-19/h3-6,14H,1-2H3,(H6,20,21,22,23,24,25). The van der Waals surface area contributed by atoms with Gasteiger partial charge in [-0.3, -0.25) is 5.32 Å². The van der Waals surface area contributed by atoms with E-state index < -0.39 is 16.1 Å². The van der Waals surface area contributed by atoms with Crippen LogP contribution in [0, 0.1) is 22.8 Å². The number of fused-ring (bicyclic) bond motifs is 1. The summed E-state index contributed by atoms with van der Waals surface area (Å²) in [7, 11) is -0.713. The largest absolute Gasteiger partial charge is 0.397 e. The van der Waals surface area contributed by atoms with Crippen molar-refractivity contribution in [3.8, 4) is 12.3 Å². The normalized spacial score (nSPS) is 15.5. The molecule has 12 heteroatoms. The van der Waals surface area contributed by atoms with Crippen molar-refractivity contribution >= 4 is 33.3 Å². The van der Waals surface area contributed by atoms with Crippen LogP contribution in [0.3, 0.4) is 0 Å². The van der Waals surface area contributed by atoms with Gasteiger partial charge in [0.1, 0.15) is 29.3 Å². The Balaban J connectivity index is 2.17. The van der Waals surface area contributed by atoms with Crippen molar-refractivity contribution in [1.29, 1.82) is 10.5 Å². The maximum absolute atomic E-state index is 12.3. The van der Waals surface area contributed by atoms with Gasteiger partial charge in [0.25, 0.3) is 0 Å². The maximum atomic E-state index is 12.3. The van der Waals surface area contributed by atoms with E-state index in [1.165, 1.54) is 26.2 Å². The third kappa shape index (κ3) is 3.38. The number of nitrogens with zero attached hydrogens (tertiary/aromatic N) is 5. The lowest BCUT2D eigenvalue weighted by atomic mass is 9.95. The average molecular weight is 411 g/mol. The molecule has 1 atom stereocenters. The topological polar surface area (TPSA) is 186 Å². The molecule has 0 saturated heterocycles. The van der Waals surface area contributed by atoms with Crippen molar-refractivity contribution in [2.24, 2.45) is 4.99 Å². The molecule has 1 unspecified atom stereocenters. The summed E-state index contributed by atoms with van der Waals surface area (Å²) in [5.41, 5.74) is 13.1. The van der Waals surface area contributed by atoms with Crippen LogP contribution in [-0.4, -0.2) is 37.8 Å². The number of nitrogens with one attached hydrogen (secondary N) is 2. The van der Waals surface area contributed by atoms with Gasteiger partial charge in [-0.25, -0.2) is 22.7 Å². The highest BCUT2D eigenvalue weighted by Crippen LogP contribution is 2.40. The molecule has 1 aliphatic heterocycles. The molecule has 148 valence electrons. The van der Waals surface area contributed by atoms with Crippen LogP contribution in [0.1, 0.15) is 22.7 Å². The van der Waals surface area contributed by atoms with Gasteiger partial charge in [-0.1, -0.05) is 12.1 Å². The lowest BCUT2D eigenvalue weighted by molar-refractivity contribution is 0.520. The molecule has 11 nitrogen and oxygen atoms in total. The Morgan fingerprint density at radius 3 is 2.41 bits per heavy atom. The van der Waals surface area contributed by atoms with Gasteiger partial charge in [-0.05, 0) is 17.7 Å². The molecule has 0 saturated carbocycles. The second-order valence-corrected chi connectivity index (χ2v) is 8.41. The highest BCUT2D eigenvalue weighted by molar-refractivity contribution is 7.89. The Bertz CT molecular complexity index is 1190. The molecule has 0 bridgehead atoms. The molecule has 1 aliphatic rings. The van der Waals surface area contributed by atoms with Gasteiger partial charge in [0.2, 0.25) is 16.0 Å². The zero-order valence-electron chi connectivity index (χ0n) is 15.5. The summed E-state index contributed by atoms with van der Waals surface area (Å²) in [5.74, 6) is 0.313. The number of pyridine rings is 1. The minimum atomic E-state index is -3.60. The SMILES string of the molecule is CN(C)S(=O)(=O)c1ccc(C2N=C(NC#N)Nc3nc(N)c(C#N)c(N)c32)cc1. The number of rotatable bonds is 3. The Hall–Kier alpha value is -3.87. The Kier molecular flexibility index (Phi) is 4.99. The van der Waals surface area contributed by atoms with Gasteiger partial charge in [0, 0.05) is 19.7 Å². The fraction of sp³-hybridized carbons (Fsp3) is 0.176. The lowest BCUT2D eigenvalue weighted by Gasteiger charge is -2.26. The first kappa shape index (κ1) is 19.9. The lowest BCUT2D eigenvalue weighted by Crippen LogP contribution is -2.32. The van der Waals surface area contributed by atoms with E-state index in [0.29, 0.717) is 11.1 Å². The molecule has 1 aromatic heterocycles. The predicted octanol–water partition coefficient (Wildman–Crippen LogP) is 0.310. The number of hydrogen-bond donors (Lipinski definition) is 4. The number of nitrogen functional groups attached to an aromatic ring is 2. The van der Waals surface area contributed by atoms with Crippen molar-refractivity contribution < 1.29 is 8.42 Å². The monoisotopic (exact) mass is 411 g/mol. The molecule has 0 fully saturated rings. The van der Waals surface area contributed by atoms with Crippen molar-refractivity contribution in [3.05, 3.63) is 41.0 Å². The molecular weight excluding hydrogens is 394 g/mol. The zero-order chi connectivity index (χ0) is 21.3. The number of guanidine groups is 1. The van der Waals surface area contributed by atoms with Crippen molar-refractivity contribution in [2.45, 2.75) is 10.9 Å². The molecule has 6 N–H and O–H groups in total. The van der Waals surface area contributed by atoms with Gasteiger partial charge in [-0.2, -0.15) is 10.5 Å². The minimum absolute atomic E-state index is 0.0225. The van der Waals surface area contributed by atoms with E-state index >= 15 is 0 Å². The van der Waals surface area contributed by atoms with Crippen LogP contribution in [0.15, 0.2) is 34.2 Å². The third-order valence-corrected chi connectivity index (χ3v) is 6.16. The number of anilines is 3. The van der Waals surface area contributed by atoms with Gasteiger partial charge in [0.05, 0.1) is 10.6 Å². The van der Waals surface area contributed by atoms with Gasteiger partial charge in [0.15, 0.2) is 6.19 Å². The van der Waals surface area contributed by atoms with E-state index in [9.17, 15) is 13.7 Å². The maximum Gasteiger partial charge on any atom is 0.242 e. The van der Waals surface area contributed by atoms with Gasteiger partial charge >= 0.3 is 0 Å². The number of benzene rings is 1. The first-order valence-corrected chi connectivity index (χ1v) is 9.66. The summed E-state index contributed by atoms with van der Waals surface area (Å²) >= 11 is 0. The second-order valence-electron chi connectivity index (χ2n) is 6.26. The third-order valence-electron chi connectivity index (χ3n) is 4.33. The minimum Gasteiger partial charge on any atom is -0.397 e. The van der Waals surface area contributed by atoms with Crippen LogP contribution >= 0.6 is 0 Å². The van der Waals surface area contributed by atoms with E-state index in [0.717, 1.165) is 4.31 Å². The number of nitrogens with two attached hydrogens (primary N) is 2. The van der Waals surface area contributed by atoms with E-state index in [1.54, 1.807) is 18.3 Å². The highest BCUT2D eigenvalue weighted by atomic mass is 32.2. The number of nitriles is 2. The summed E-state index contributed by atoms with van der Waals surface area (Å²) in [6.07, 6.45) is 1.76. The predicted molar refractivity (Wildman–Crippen MR) is 107 cm³/mol. The number of sulfonamides is 1. The van der Waals surface area contributed by atoms with Crippen LogP contribution in [0.25, 0.3) is 0 Å². The number of aromatic nitrogens is 1. The van der Waals surface area contributed by atoms with Crippen LogP contribution in [0.5, 0.6) is 0 Å². The van der Waals surface area contributed by atoms with E-state index in [1.807, 2.05) is 6.07 Å². The Morgan fingerprint density at radius 1 is 1.21 bits per heavy atom. The molecule has 3 rings (SSSR count). The first-order chi connectivity index (χ1) is 13.7.